The number of aliphatic hydroxyl groups is 1. The van der Waals surface area contributed by atoms with Crippen LogP contribution in [0.4, 0.5) is 0 Å². The van der Waals surface area contributed by atoms with Gasteiger partial charge < -0.3 is 5.11 Å². The van der Waals surface area contributed by atoms with Crippen LogP contribution in [0, 0.1) is 5.41 Å². The molecule has 2 rings (SSSR count). The van der Waals surface area contributed by atoms with Crippen LogP contribution in [-0.2, 0) is 12.1 Å². The quantitative estimate of drug-likeness (QED) is 0.878. The van der Waals surface area contributed by atoms with E-state index < -0.39 is 5.60 Å². The molecule has 1 N–H and O–H groups in total. The van der Waals surface area contributed by atoms with E-state index in [-0.39, 0.29) is 5.41 Å². The zero-order valence-corrected chi connectivity index (χ0v) is 11.1. The summed E-state index contributed by atoms with van der Waals surface area (Å²) in [7, 11) is 0. The van der Waals surface area contributed by atoms with Gasteiger partial charge in [0.25, 0.3) is 0 Å². The van der Waals surface area contributed by atoms with E-state index in [1.807, 2.05) is 4.68 Å². The molecule has 4 nitrogen and oxygen atoms in total. The Kier molecular flexibility index (Phi) is 3.25. The summed E-state index contributed by atoms with van der Waals surface area (Å²) in [6.07, 6.45) is 6.63. The second-order valence-electron chi connectivity index (χ2n) is 6.07. The Labute approximate surface area is 103 Å². The van der Waals surface area contributed by atoms with Crippen LogP contribution in [0.2, 0.25) is 0 Å². The van der Waals surface area contributed by atoms with Crippen LogP contribution >= 0.6 is 0 Å². The van der Waals surface area contributed by atoms with Crippen LogP contribution in [-0.4, -0.2) is 20.1 Å². The Morgan fingerprint density at radius 2 is 2.18 bits per heavy atom. The molecule has 1 aromatic heterocycles. The van der Waals surface area contributed by atoms with Crippen molar-refractivity contribution in [2.45, 2.75) is 65.0 Å². The van der Waals surface area contributed by atoms with Gasteiger partial charge in [-0.3, -0.25) is 0 Å². The van der Waals surface area contributed by atoms with Crippen molar-refractivity contribution in [1.29, 1.82) is 0 Å². The lowest BCUT2D eigenvalue weighted by molar-refractivity contribution is -0.0506. The highest BCUT2D eigenvalue weighted by atomic mass is 16.3. The van der Waals surface area contributed by atoms with E-state index >= 15 is 0 Å². The third-order valence-corrected chi connectivity index (χ3v) is 3.74. The average molecular weight is 237 g/mol. The van der Waals surface area contributed by atoms with Crippen molar-refractivity contribution in [2.24, 2.45) is 5.41 Å². The van der Waals surface area contributed by atoms with E-state index in [1.54, 1.807) is 6.20 Å². The first-order valence-electron chi connectivity index (χ1n) is 6.58. The summed E-state index contributed by atoms with van der Waals surface area (Å²) in [6, 6.07) is 0. The monoisotopic (exact) mass is 237 g/mol. The molecule has 17 heavy (non-hydrogen) atoms. The molecule has 1 atom stereocenters. The Morgan fingerprint density at radius 3 is 2.82 bits per heavy atom. The fraction of sp³-hybridized carbons (Fsp3) is 0.846. The topological polar surface area (TPSA) is 50.9 Å². The van der Waals surface area contributed by atoms with E-state index in [4.69, 9.17) is 0 Å². The number of aromatic nitrogens is 3. The molecule has 0 aromatic carbocycles. The maximum atomic E-state index is 10.9. The fourth-order valence-corrected chi connectivity index (χ4v) is 3.04. The van der Waals surface area contributed by atoms with Gasteiger partial charge in [-0.05, 0) is 37.5 Å². The Morgan fingerprint density at radius 1 is 1.41 bits per heavy atom. The van der Waals surface area contributed by atoms with Gasteiger partial charge in [-0.1, -0.05) is 26.0 Å². The summed E-state index contributed by atoms with van der Waals surface area (Å²) < 4.78 is 1.86. The maximum Gasteiger partial charge on any atom is 0.108 e. The van der Waals surface area contributed by atoms with Gasteiger partial charge in [0.1, 0.15) is 5.60 Å². The zero-order chi connectivity index (χ0) is 12.5. The van der Waals surface area contributed by atoms with Gasteiger partial charge in [0.05, 0.1) is 11.9 Å². The Bertz CT molecular complexity index is 386. The van der Waals surface area contributed by atoms with Gasteiger partial charge in [-0.2, -0.15) is 0 Å². The second kappa shape index (κ2) is 4.41. The third kappa shape index (κ3) is 2.51. The molecule has 1 aliphatic carbocycles. The maximum absolute atomic E-state index is 10.9. The molecule has 4 heteroatoms. The molecule has 0 amide bonds. The number of nitrogens with zero attached hydrogens (tertiary/aromatic N) is 3. The SMILES string of the molecule is CCCn1nncc1C1(O)CCCC(C)(C)C1. The fourth-order valence-electron chi connectivity index (χ4n) is 3.04. The first kappa shape index (κ1) is 12.6. The van der Waals surface area contributed by atoms with E-state index in [1.165, 1.54) is 6.42 Å². The minimum atomic E-state index is -0.736. The standard InChI is InChI=1S/C13H23N3O/c1-4-8-16-11(9-14-15-16)13(17)7-5-6-12(2,3)10-13/h9,17H,4-8,10H2,1-3H3. The van der Waals surface area contributed by atoms with Crippen molar-refractivity contribution < 1.29 is 5.11 Å². The lowest BCUT2D eigenvalue weighted by Gasteiger charge is -2.41. The molecule has 0 radical (unpaired) electrons. The normalized spacial score (nSPS) is 28.2. The lowest BCUT2D eigenvalue weighted by Crippen LogP contribution is -2.38. The molecule has 0 bridgehead atoms. The predicted molar refractivity (Wildman–Crippen MR) is 66.5 cm³/mol. The average Bonchev–Trinajstić information content (AvgIpc) is 2.65. The first-order chi connectivity index (χ1) is 7.97. The van der Waals surface area contributed by atoms with Gasteiger partial charge in [-0.15, -0.1) is 5.10 Å². The number of hydrogen-bond donors (Lipinski definition) is 1. The van der Waals surface area contributed by atoms with E-state index in [0.29, 0.717) is 0 Å². The highest BCUT2D eigenvalue weighted by Gasteiger charge is 2.41. The molecule has 1 aromatic rings. The largest absolute Gasteiger partial charge is 0.383 e. The lowest BCUT2D eigenvalue weighted by atomic mass is 9.69. The smallest absolute Gasteiger partial charge is 0.108 e. The molecule has 0 spiro atoms. The summed E-state index contributed by atoms with van der Waals surface area (Å²) in [5.74, 6) is 0. The minimum Gasteiger partial charge on any atom is -0.383 e. The Hall–Kier alpha value is -0.900. The van der Waals surface area contributed by atoms with Crippen molar-refractivity contribution in [3.05, 3.63) is 11.9 Å². The van der Waals surface area contributed by atoms with Crippen molar-refractivity contribution in [1.82, 2.24) is 15.0 Å². The van der Waals surface area contributed by atoms with Gasteiger partial charge in [0.2, 0.25) is 0 Å². The highest BCUT2D eigenvalue weighted by molar-refractivity contribution is 5.11. The molecule has 0 aliphatic heterocycles. The number of aryl methyl sites for hydroxylation is 1. The molecule has 1 unspecified atom stereocenters. The predicted octanol–water partition coefficient (Wildman–Crippen LogP) is 2.48. The van der Waals surface area contributed by atoms with Crippen LogP contribution in [0.1, 0.15) is 58.6 Å². The van der Waals surface area contributed by atoms with Crippen molar-refractivity contribution in [3.8, 4) is 0 Å². The van der Waals surface area contributed by atoms with Crippen LogP contribution in [0.3, 0.4) is 0 Å². The van der Waals surface area contributed by atoms with Crippen LogP contribution in [0.25, 0.3) is 0 Å². The van der Waals surface area contributed by atoms with Gasteiger partial charge in [0, 0.05) is 6.54 Å². The molecule has 1 fully saturated rings. The third-order valence-electron chi connectivity index (χ3n) is 3.74. The Balaban J connectivity index is 2.27. The van der Waals surface area contributed by atoms with E-state index in [9.17, 15) is 5.11 Å². The van der Waals surface area contributed by atoms with Gasteiger partial charge in [0.15, 0.2) is 0 Å². The summed E-state index contributed by atoms with van der Waals surface area (Å²) in [5, 5.41) is 18.9. The highest BCUT2D eigenvalue weighted by Crippen LogP contribution is 2.45. The number of hydrogen-bond acceptors (Lipinski definition) is 3. The van der Waals surface area contributed by atoms with Crippen LogP contribution in [0.15, 0.2) is 6.20 Å². The number of rotatable bonds is 3. The van der Waals surface area contributed by atoms with Gasteiger partial charge in [-0.25, -0.2) is 4.68 Å². The molecule has 0 saturated heterocycles. The molecular formula is C13H23N3O. The van der Waals surface area contributed by atoms with Crippen molar-refractivity contribution >= 4 is 0 Å². The molecule has 1 heterocycles. The molecule has 1 aliphatic rings. The summed E-state index contributed by atoms with van der Waals surface area (Å²) >= 11 is 0. The second-order valence-corrected chi connectivity index (χ2v) is 6.07. The van der Waals surface area contributed by atoms with E-state index in [0.717, 1.165) is 37.9 Å². The molecule has 1 saturated carbocycles. The van der Waals surface area contributed by atoms with Crippen molar-refractivity contribution in [2.75, 3.05) is 0 Å². The summed E-state index contributed by atoms with van der Waals surface area (Å²) in [5.41, 5.74) is 0.362. The zero-order valence-electron chi connectivity index (χ0n) is 11.1. The van der Waals surface area contributed by atoms with Crippen LogP contribution in [0.5, 0.6) is 0 Å². The van der Waals surface area contributed by atoms with Crippen LogP contribution < -0.4 is 0 Å². The molecule has 96 valence electrons. The van der Waals surface area contributed by atoms with Crippen molar-refractivity contribution in [3.63, 3.8) is 0 Å². The molecular weight excluding hydrogens is 214 g/mol. The summed E-state index contributed by atoms with van der Waals surface area (Å²) in [4.78, 5) is 0. The first-order valence-corrected chi connectivity index (χ1v) is 6.58. The van der Waals surface area contributed by atoms with E-state index in [2.05, 4.69) is 31.1 Å². The minimum absolute atomic E-state index is 0.203. The van der Waals surface area contributed by atoms with Gasteiger partial charge >= 0.3 is 0 Å². The summed E-state index contributed by atoms with van der Waals surface area (Å²) in [6.45, 7) is 7.40.